The van der Waals surface area contributed by atoms with Crippen LogP contribution >= 0.6 is 0 Å². The predicted octanol–water partition coefficient (Wildman–Crippen LogP) is 4.08. The quantitative estimate of drug-likeness (QED) is 0.372. The maximum atomic E-state index is 14.1. The minimum atomic E-state index is -0.855. The summed E-state index contributed by atoms with van der Waals surface area (Å²) >= 11 is 0. The summed E-state index contributed by atoms with van der Waals surface area (Å²) in [4.78, 5) is 21.4. The average Bonchev–Trinajstić information content (AvgIpc) is 3.39. The van der Waals surface area contributed by atoms with Crippen molar-refractivity contribution in [2.75, 3.05) is 14.1 Å². The van der Waals surface area contributed by atoms with Gasteiger partial charge in [0.2, 0.25) is 17.8 Å². The molecule has 3 heterocycles. The normalized spacial score (nSPS) is 15.1. The molecule has 1 amide bonds. The van der Waals surface area contributed by atoms with Crippen molar-refractivity contribution in [3.8, 4) is 22.6 Å². The second-order valence-electron chi connectivity index (χ2n) is 9.16. The van der Waals surface area contributed by atoms with Gasteiger partial charge in [0.15, 0.2) is 5.82 Å². The molecule has 1 aromatic carbocycles. The molecule has 35 heavy (non-hydrogen) atoms. The van der Waals surface area contributed by atoms with E-state index in [0.29, 0.717) is 28.8 Å². The van der Waals surface area contributed by atoms with E-state index >= 15 is 0 Å². The van der Waals surface area contributed by atoms with Gasteiger partial charge >= 0.3 is 0 Å². The highest BCUT2D eigenvalue weighted by Gasteiger charge is 2.47. The topological polar surface area (TPSA) is 89.9 Å². The Morgan fingerprint density at radius 1 is 1.11 bits per heavy atom. The molecule has 1 atom stereocenters. The van der Waals surface area contributed by atoms with E-state index in [1.807, 2.05) is 12.1 Å². The molecule has 0 spiro atoms. The number of hydrogen-bond donors (Lipinski definition) is 0. The van der Waals surface area contributed by atoms with E-state index < -0.39 is 17.3 Å². The molecule has 0 N–H and O–H groups in total. The smallest absolute Gasteiger partial charge is 0.261 e. The van der Waals surface area contributed by atoms with Gasteiger partial charge in [-0.05, 0) is 48.9 Å². The van der Waals surface area contributed by atoms with E-state index in [1.165, 1.54) is 15.6 Å². The van der Waals surface area contributed by atoms with Gasteiger partial charge in [-0.1, -0.05) is 29.4 Å². The zero-order chi connectivity index (χ0) is 24.7. The van der Waals surface area contributed by atoms with Crippen molar-refractivity contribution in [3.63, 3.8) is 0 Å². The van der Waals surface area contributed by atoms with Crippen molar-refractivity contribution < 1.29 is 18.1 Å². The van der Waals surface area contributed by atoms with Crippen molar-refractivity contribution in [3.05, 3.63) is 72.1 Å². The highest BCUT2D eigenvalue weighted by molar-refractivity contribution is 5.75. The molecule has 1 saturated carbocycles. The summed E-state index contributed by atoms with van der Waals surface area (Å²) in [6.07, 6.45) is 5.36. The van der Waals surface area contributed by atoms with Gasteiger partial charge in [0.1, 0.15) is 6.54 Å². The lowest BCUT2D eigenvalue weighted by Crippen LogP contribution is -2.28. The molecule has 5 rings (SSSR count). The maximum absolute atomic E-state index is 14.1. The van der Waals surface area contributed by atoms with Crippen LogP contribution in [-0.2, 0) is 16.8 Å². The average molecular weight is 479 g/mol. The number of carbonyl (C=O) groups excluding carboxylic acids is 1. The number of aromatic nitrogens is 5. The van der Waals surface area contributed by atoms with Crippen LogP contribution in [0, 0.1) is 17.8 Å². The minimum absolute atomic E-state index is 0.0769. The van der Waals surface area contributed by atoms with Gasteiger partial charge < -0.3 is 9.42 Å². The molecule has 0 saturated heterocycles. The van der Waals surface area contributed by atoms with Gasteiger partial charge in [-0.3, -0.25) is 9.48 Å². The third-order valence-electron chi connectivity index (χ3n) is 6.57. The first-order chi connectivity index (χ1) is 16.8. The van der Waals surface area contributed by atoms with Gasteiger partial charge in [-0.2, -0.15) is 23.8 Å². The molecule has 4 aromatic rings. The minimum Gasteiger partial charge on any atom is -0.347 e. The van der Waals surface area contributed by atoms with Gasteiger partial charge in [-0.25, -0.2) is 0 Å². The first kappa shape index (κ1) is 22.8. The Balaban J connectivity index is 1.42. The standard InChI is InChI=1S/C25H24F2N6O2/c1-25(18-8-9-18,17-6-4-15(5-7-17)19-10-11-20(26)29-22(19)27)24-30-23(35-31-24)16-12-28-33(13-16)14-21(34)32(2)3/h4-7,10-13,18H,8-9,14H2,1-3H3. The van der Waals surface area contributed by atoms with Crippen molar-refractivity contribution >= 4 is 5.91 Å². The number of likely N-dealkylation sites (N-methyl/N-ethyl adjacent to an activating group) is 1. The fourth-order valence-electron chi connectivity index (χ4n) is 4.22. The van der Waals surface area contributed by atoms with Gasteiger partial charge in [0.05, 0.1) is 17.2 Å². The Labute approximate surface area is 200 Å². The van der Waals surface area contributed by atoms with Gasteiger partial charge in [0, 0.05) is 25.9 Å². The number of pyridine rings is 1. The molecule has 0 radical (unpaired) electrons. The number of amides is 1. The zero-order valence-electron chi connectivity index (χ0n) is 19.6. The van der Waals surface area contributed by atoms with Crippen LogP contribution in [0.5, 0.6) is 0 Å². The Morgan fingerprint density at radius 2 is 1.86 bits per heavy atom. The maximum Gasteiger partial charge on any atom is 0.261 e. The summed E-state index contributed by atoms with van der Waals surface area (Å²) in [6.45, 7) is 2.19. The number of rotatable bonds is 7. The number of nitrogens with zero attached hydrogens (tertiary/aromatic N) is 6. The van der Waals surface area contributed by atoms with E-state index in [2.05, 4.69) is 27.1 Å². The fourth-order valence-corrected chi connectivity index (χ4v) is 4.22. The fraction of sp³-hybridized carbons (Fsp3) is 0.320. The zero-order valence-corrected chi connectivity index (χ0v) is 19.6. The highest BCUT2D eigenvalue weighted by atomic mass is 19.1. The van der Waals surface area contributed by atoms with Crippen molar-refractivity contribution in [2.24, 2.45) is 5.92 Å². The first-order valence-corrected chi connectivity index (χ1v) is 11.3. The van der Waals surface area contributed by atoms with Crippen LogP contribution in [0.25, 0.3) is 22.6 Å². The SMILES string of the molecule is CN(C)C(=O)Cn1cc(-c2nc(C(C)(c3ccc(-c4ccc(F)nc4F)cc3)C3CC3)no2)cn1. The first-order valence-electron chi connectivity index (χ1n) is 11.3. The molecule has 8 nitrogen and oxygen atoms in total. The molecule has 1 unspecified atom stereocenters. The monoisotopic (exact) mass is 478 g/mol. The Hall–Kier alpha value is -3.95. The summed E-state index contributed by atoms with van der Waals surface area (Å²) in [5.74, 6) is -0.568. The van der Waals surface area contributed by atoms with Crippen LogP contribution in [0.3, 0.4) is 0 Å². The Bertz CT molecular complexity index is 1380. The molecule has 180 valence electrons. The second-order valence-corrected chi connectivity index (χ2v) is 9.16. The van der Waals surface area contributed by atoms with Crippen LogP contribution in [0.2, 0.25) is 0 Å². The van der Waals surface area contributed by atoms with E-state index in [4.69, 9.17) is 4.52 Å². The molecule has 1 aliphatic carbocycles. The largest absolute Gasteiger partial charge is 0.347 e. The van der Waals surface area contributed by atoms with E-state index in [0.717, 1.165) is 24.5 Å². The Kier molecular flexibility index (Phi) is 5.66. The van der Waals surface area contributed by atoms with Crippen LogP contribution in [-0.4, -0.2) is 49.8 Å². The lowest BCUT2D eigenvalue weighted by molar-refractivity contribution is -0.129. The molecule has 10 heteroatoms. The lowest BCUT2D eigenvalue weighted by Gasteiger charge is -2.27. The second kappa shape index (κ2) is 8.68. The summed E-state index contributed by atoms with van der Waals surface area (Å²) in [5, 5.41) is 8.52. The molecule has 1 fully saturated rings. The molecular formula is C25H24F2N6O2. The van der Waals surface area contributed by atoms with E-state index in [-0.39, 0.29) is 18.0 Å². The lowest BCUT2D eigenvalue weighted by atomic mass is 9.76. The van der Waals surface area contributed by atoms with Crippen LogP contribution in [0.4, 0.5) is 8.78 Å². The summed E-state index contributed by atoms with van der Waals surface area (Å²) < 4.78 is 34.4. The van der Waals surface area contributed by atoms with E-state index in [1.54, 1.807) is 38.6 Å². The van der Waals surface area contributed by atoms with Crippen molar-refractivity contribution in [2.45, 2.75) is 31.7 Å². The summed E-state index contributed by atoms with van der Waals surface area (Å²) in [6, 6.07) is 9.93. The third kappa shape index (κ3) is 4.31. The molecule has 0 bridgehead atoms. The van der Waals surface area contributed by atoms with Gasteiger partial charge in [0.25, 0.3) is 5.89 Å². The van der Waals surface area contributed by atoms with Gasteiger partial charge in [-0.15, -0.1) is 0 Å². The number of benzene rings is 1. The van der Waals surface area contributed by atoms with Crippen LogP contribution < -0.4 is 0 Å². The molecule has 0 aliphatic heterocycles. The number of halogens is 2. The van der Waals surface area contributed by atoms with Crippen LogP contribution in [0.1, 0.15) is 31.2 Å². The molecule has 1 aliphatic rings. The van der Waals surface area contributed by atoms with Crippen molar-refractivity contribution in [1.82, 2.24) is 29.8 Å². The third-order valence-corrected chi connectivity index (χ3v) is 6.57. The van der Waals surface area contributed by atoms with E-state index in [9.17, 15) is 13.6 Å². The van der Waals surface area contributed by atoms with Crippen LogP contribution in [0.15, 0.2) is 53.3 Å². The predicted molar refractivity (Wildman–Crippen MR) is 123 cm³/mol. The number of carbonyl (C=O) groups is 1. The Morgan fingerprint density at radius 3 is 2.51 bits per heavy atom. The molecular weight excluding hydrogens is 454 g/mol. The summed E-state index contributed by atoms with van der Waals surface area (Å²) in [7, 11) is 3.38. The number of hydrogen-bond acceptors (Lipinski definition) is 6. The molecule has 3 aromatic heterocycles. The highest BCUT2D eigenvalue weighted by Crippen LogP contribution is 2.50. The van der Waals surface area contributed by atoms with Crippen molar-refractivity contribution in [1.29, 1.82) is 0 Å². The summed E-state index contributed by atoms with van der Waals surface area (Å²) in [5.41, 5.74) is 1.93.